The molecular formula is C20H22N2O. The molecule has 118 valence electrons. The maximum absolute atomic E-state index is 5.61. The summed E-state index contributed by atoms with van der Waals surface area (Å²) in [6.07, 6.45) is 10.7. The number of aromatic nitrogens is 2. The van der Waals surface area contributed by atoms with Gasteiger partial charge >= 0.3 is 0 Å². The predicted molar refractivity (Wildman–Crippen MR) is 91.9 cm³/mol. The third kappa shape index (κ3) is 3.09. The largest absolute Gasteiger partial charge is 0.463 e. The molecular weight excluding hydrogens is 284 g/mol. The third-order valence-corrected chi connectivity index (χ3v) is 4.77. The van der Waals surface area contributed by atoms with Crippen molar-refractivity contribution in [1.29, 1.82) is 0 Å². The Hall–Kier alpha value is -2.29. The molecule has 3 heteroatoms. The fraction of sp³-hybridized carbons (Fsp3) is 0.350. The summed E-state index contributed by atoms with van der Waals surface area (Å²) >= 11 is 0. The van der Waals surface area contributed by atoms with Gasteiger partial charge in [0, 0.05) is 18.3 Å². The van der Waals surface area contributed by atoms with Crippen molar-refractivity contribution in [2.45, 2.75) is 38.6 Å². The van der Waals surface area contributed by atoms with Crippen LogP contribution in [0, 0.1) is 5.92 Å². The van der Waals surface area contributed by atoms with Crippen molar-refractivity contribution in [3.8, 4) is 22.6 Å². The van der Waals surface area contributed by atoms with Gasteiger partial charge in [0.2, 0.25) is 0 Å². The van der Waals surface area contributed by atoms with Gasteiger partial charge in [-0.2, -0.15) is 5.10 Å². The van der Waals surface area contributed by atoms with E-state index >= 15 is 0 Å². The van der Waals surface area contributed by atoms with Crippen molar-refractivity contribution in [3.63, 3.8) is 0 Å². The van der Waals surface area contributed by atoms with Crippen LogP contribution in [0.2, 0.25) is 0 Å². The van der Waals surface area contributed by atoms with Gasteiger partial charge in [0.15, 0.2) is 5.76 Å². The maximum Gasteiger partial charge on any atom is 0.154 e. The van der Waals surface area contributed by atoms with Gasteiger partial charge in [0.05, 0.1) is 6.26 Å². The first-order chi connectivity index (χ1) is 11.4. The fourth-order valence-corrected chi connectivity index (χ4v) is 3.57. The molecule has 0 bridgehead atoms. The van der Waals surface area contributed by atoms with Crippen LogP contribution >= 0.6 is 0 Å². The van der Waals surface area contributed by atoms with Crippen molar-refractivity contribution in [3.05, 3.63) is 54.9 Å². The average molecular weight is 306 g/mol. The third-order valence-electron chi connectivity index (χ3n) is 4.77. The summed E-state index contributed by atoms with van der Waals surface area (Å²) < 4.78 is 7.73. The molecule has 0 saturated heterocycles. The number of rotatable bonds is 4. The van der Waals surface area contributed by atoms with Crippen LogP contribution in [0.4, 0.5) is 0 Å². The lowest BCUT2D eigenvalue weighted by molar-refractivity contribution is 0.308. The quantitative estimate of drug-likeness (QED) is 0.647. The first-order valence-electron chi connectivity index (χ1n) is 8.57. The van der Waals surface area contributed by atoms with Gasteiger partial charge in [-0.25, -0.2) is 0 Å². The molecule has 1 saturated carbocycles. The van der Waals surface area contributed by atoms with Gasteiger partial charge < -0.3 is 4.42 Å². The zero-order valence-corrected chi connectivity index (χ0v) is 13.3. The maximum atomic E-state index is 5.61. The molecule has 1 aromatic carbocycles. The molecule has 2 heterocycles. The minimum atomic E-state index is 0.761. The van der Waals surface area contributed by atoms with Crippen LogP contribution in [-0.2, 0) is 6.54 Å². The van der Waals surface area contributed by atoms with Gasteiger partial charge in [-0.05, 0) is 36.5 Å². The molecule has 1 aliphatic carbocycles. The predicted octanol–water partition coefficient (Wildman–Crippen LogP) is 5.39. The van der Waals surface area contributed by atoms with Crippen molar-refractivity contribution < 1.29 is 4.42 Å². The second-order valence-corrected chi connectivity index (χ2v) is 6.46. The lowest BCUT2D eigenvalue weighted by Crippen LogP contribution is -2.14. The van der Waals surface area contributed by atoms with Crippen LogP contribution in [0.25, 0.3) is 22.6 Å². The topological polar surface area (TPSA) is 31.0 Å². The number of hydrogen-bond donors (Lipinski definition) is 0. The molecule has 0 radical (unpaired) electrons. The lowest BCUT2D eigenvalue weighted by atomic mass is 9.89. The number of nitrogens with zero attached hydrogens (tertiary/aromatic N) is 2. The van der Waals surface area contributed by atoms with Crippen molar-refractivity contribution in [1.82, 2.24) is 9.78 Å². The van der Waals surface area contributed by atoms with Gasteiger partial charge in [0.1, 0.15) is 5.69 Å². The SMILES string of the molecule is c1ccc(-c2cn(CC3CCCCC3)nc2-c2ccco2)cc1. The van der Waals surface area contributed by atoms with Gasteiger partial charge in [0.25, 0.3) is 0 Å². The van der Waals surface area contributed by atoms with E-state index in [0.717, 1.165) is 29.5 Å². The first kappa shape index (κ1) is 14.3. The molecule has 0 N–H and O–H groups in total. The second kappa shape index (κ2) is 6.45. The molecule has 3 nitrogen and oxygen atoms in total. The molecule has 0 atom stereocenters. The summed E-state index contributed by atoms with van der Waals surface area (Å²) in [5.74, 6) is 1.60. The van der Waals surface area contributed by atoms with E-state index in [2.05, 4.69) is 35.1 Å². The molecule has 0 aliphatic heterocycles. The summed E-state index contributed by atoms with van der Waals surface area (Å²) in [6, 6.07) is 14.4. The minimum absolute atomic E-state index is 0.761. The molecule has 1 fully saturated rings. The highest BCUT2D eigenvalue weighted by Gasteiger charge is 2.18. The molecule has 1 aliphatic rings. The van der Waals surface area contributed by atoms with Gasteiger partial charge in [-0.1, -0.05) is 49.6 Å². The summed E-state index contributed by atoms with van der Waals surface area (Å²) in [5, 5.41) is 4.85. The average Bonchev–Trinajstić information content (AvgIpc) is 3.26. The number of hydrogen-bond acceptors (Lipinski definition) is 2. The zero-order chi connectivity index (χ0) is 15.5. The Kier molecular flexibility index (Phi) is 4.01. The van der Waals surface area contributed by atoms with Crippen LogP contribution in [0.1, 0.15) is 32.1 Å². The Morgan fingerprint density at radius 2 is 1.83 bits per heavy atom. The van der Waals surface area contributed by atoms with E-state index in [0.29, 0.717) is 0 Å². The van der Waals surface area contributed by atoms with Crippen LogP contribution in [0.15, 0.2) is 59.3 Å². The van der Waals surface area contributed by atoms with Crippen molar-refractivity contribution in [2.24, 2.45) is 5.92 Å². The smallest absolute Gasteiger partial charge is 0.154 e. The second-order valence-electron chi connectivity index (χ2n) is 6.46. The number of furan rings is 1. The minimum Gasteiger partial charge on any atom is -0.463 e. The summed E-state index contributed by atoms with van der Waals surface area (Å²) in [6.45, 7) is 1.01. The monoisotopic (exact) mass is 306 g/mol. The van der Waals surface area contributed by atoms with Crippen LogP contribution < -0.4 is 0 Å². The first-order valence-corrected chi connectivity index (χ1v) is 8.57. The normalized spacial score (nSPS) is 15.8. The van der Waals surface area contributed by atoms with E-state index in [9.17, 15) is 0 Å². The molecule has 0 amide bonds. The molecule has 4 rings (SSSR count). The fourth-order valence-electron chi connectivity index (χ4n) is 3.57. The Morgan fingerprint density at radius 3 is 2.57 bits per heavy atom. The summed E-state index contributed by atoms with van der Waals surface area (Å²) in [7, 11) is 0. The Labute approximate surface area is 136 Å². The lowest BCUT2D eigenvalue weighted by Gasteiger charge is -2.21. The molecule has 0 spiro atoms. The Bertz CT molecular complexity index is 737. The molecule has 2 aromatic heterocycles. The summed E-state index contributed by atoms with van der Waals surface area (Å²) in [5.41, 5.74) is 3.28. The Balaban J connectivity index is 1.69. The number of benzene rings is 1. The van der Waals surface area contributed by atoms with Gasteiger partial charge in [-0.15, -0.1) is 0 Å². The van der Waals surface area contributed by atoms with Crippen molar-refractivity contribution >= 4 is 0 Å². The standard InChI is InChI=1S/C20H22N2O/c1-3-8-16(9-4-1)14-22-15-18(17-10-5-2-6-11-17)20(21-22)19-12-7-13-23-19/h2,5-7,10-13,15-16H,1,3-4,8-9,14H2. The van der Waals surface area contributed by atoms with E-state index in [4.69, 9.17) is 9.52 Å². The van der Waals surface area contributed by atoms with Gasteiger partial charge in [-0.3, -0.25) is 4.68 Å². The van der Waals surface area contributed by atoms with Crippen LogP contribution in [0.5, 0.6) is 0 Å². The highest BCUT2D eigenvalue weighted by Crippen LogP contribution is 2.32. The summed E-state index contributed by atoms with van der Waals surface area (Å²) in [4.78, 5) is 0. The highest BCUT2D eigenvalue weighted by atomic mass is 16.3. The van der Waals surface area contributed by atoms with E-state index in [1.54, 1.807) is 6.26 Å². The van der Waals surface area contributed by atoms with E-state index < -0.39 is 0 Å². The van der Waals surface area contributed by atoms with E-state index in [-0.39, 0.29) is 0 Å². The molecule has 3 aromatic rings. The molecule has 23 heavy (non-hydrogen) atoms. The highest BCUT2D eigenvalue weighted by molar-refractivity contribution is 5.78. The van der Waals surface area contributed by atoms with Crippen molar-refractivity contribution in [2.75, 3.05) is 0 Å². The Morgan fingerprint density at radius 1 is 1.00 bits per heavy atom. The zero-order valence-electron chi connectivity index (χ0n) is 13.3. The van der Waals surface area contributed by atoms with E-state index in [1.807, 2.05) is 18.2 Å². The molecule has 0 unspecified atom stereocenters. The van der Waals surface area contributed by atoms with E-state index in [1.165, 1.54) is 37.7 Å². The van der Waals surface area contributed by atoms with Crippen LogP contribution in [0.3, 0.4) is 0 Å². The van der Waals surface area contributed by atoms with Crippen LogP contribution in [-0.4, -0.2) is 9.78 Å².